The average Bonchev–Trinajstić information content (AvgIpc) is 2.65. The molecular formula is C19H28N2O3S. The maximum absolute atomic E-state index is 12.6. The van der Waals surface area contributed by atoms with Crippen LogP contribution in [0.15, 0.2) is 24.3 Å². The van der Waals surface area contributed by atoms with Crippen LogP contribution >= 0.6 is 0 Å². The van der Waals surface area contributed by atoms with E-state index in [1.807, 2.05) is 23.1 Å². The van der Waals surface area contributed by atoms with Crippen LogP contribution in [-0.2, 0) is 21.2 Å². The molecule has 2 heterocycles. The smallest absolute Gasteiger partial charge is 0.226 e. The van der Waals surface area contributed by atoms with Crippen LogP contribution < -0.4 is 4.90 Å². The number of para-hydroxylation sites is 1. The van der Waals surface area contributed by atoms with Crippen molar-refractivity contribution >= 4 is 21.6 Å². The Kier molecular flexibility index (Phi) is 6.12. The van der Waals surface area contributed by atoms with Crippen molar-refractivity contribution in [1.29, 1.82) is 0 Å². The summed E-state index contributed by atoms with van der Waals surface area (Å²) in [5.41, 5.74) is 2.26. The van der Waals surface area contributed by atoms with Crippen LogP contribution in [0.4, 0.5) is 5.69 Å². The summed E-state index contributed by atoms with van der Waals surface area (Å²) in [6.07, 6.45) is 6.67. The number of nitrogens with zero attached hydrogens (tertiary/aromatic N) is 2. The van der Waals surface area contributed by atoms with E-state index < -0.39 is 10.0 Å². The number of hydrogen-bond donors (Lipinski definition) is 0. The van der Waals surface area contributed by atoms with E-state index in [1.54, 1.807) is 4.31 Å². The van der Waals surface area contributed by atoms with E-state index >= 15 is 0 Å². The van der Waals surface area contributed by atoms with E-state index in [-0.39, 0.29) is 11.7 Å². The predicted molar refractivity (Wildman–Crippen MR) is 100 cm³/mol. The molecule has 0 aromatic heterocycles. The summed E-state index contributed by atoms with van der Waals surface area (Å²) in [4.78, 5) is 14.4. The molecule has 2 aliphatic rings. The van der Waals surface area contributed by atoms with E-state index in [0.29, 0.717) is 32.4 Å². The number of anilines is 1. The maximum Gasteiger partial charge on any atom is 0.226 e. The first-order valence-electron chi connectivity index (χ1n) is 9.44. The van der Waals surface area contributed by atoms with Gasteiger partial charge in [0.25, 0.3) is 0 Å². The molecular weight excluding hydrogens is 336 g/mol. The summed E-state index contributed by atoms with van der Waals surface area (Å²) in [5.74, 6) is 0.277. The lowest BCUT2D eigenvalue weighted by molar-refractivity contribution is -0.118. The second kappa shape index (κ2) is 8.32. The second-order valence-corrected chi connectivity index (χ2v) is 9.10. The van der Waals surface area contributed by atoms with Crippen molar-refractivity contribution in [3.63, 3.8) is 0 Å². The molecule has 0 spiro atoms. The van der Waals surface area contributed by atoms with Crippen LogP contribution in [0.5, 0.6) is 0 Å². The third-order valence-electron chi connectivity index (χ3n) is 5.16. The van der Waals surface area contributed by atoms with E-state index in [4.69, 9.17) is 0 Å². The van der Waals surface area contributed by atoms with Crippen LogP contribution in [0.1, 0.15) is 50.5 Å². The molecule has 2 aliphatic heterocycles. The number of amides is 1. The number of fused-ring (bicyclic) bond motifs is 1. The molecule has 5 nitrogen and oxygen atoms in total. The van der Waals surface area contributed by atoms with Gasteiger partial charge in [0.05, 0.1) is 5.75 Å². The van der Waals surface area contributed by atoms with E-state index in [1.165, 1.54) is 5.56 Å². The van der Waals surface area contributed by atoms with Crippen molar-refractivity contribution < 1.29 is 13.2 Å². The number of rotatable bonds is 6. The largest absolute Gasteiger partial charge is 0.312 e. The zero-order valence-electron chi connectivity index (χ0n) is 14.8. The molecule has 25 heavy (non-hydrogen) atoms. The topological polar surface area (TPSA) is 57.7 Å². The number of carbonyl (C=O) groups excluding carboxylic acids is 1. The highest BCUT2D eigenvalue weighted by atomic mass is 32.2. The molecule has 0 N–H and O–H groups in total. The first-order valence-corrected chi connectivity index (χ1v) is 11.0. The number of unbranched alkanes of at least 4 members (excludes halogenated alkanes) is 1. The number of benzene rings is 1. The number of piperidine rings is 1. The zero-order chi connectivity index (χ0) is 17.7. The monoisotopic (exact) mass is 364 g/mol. The van der Waals surface area contributed by atoms with Gasteiger partial charge in [-0.15, -0.1) is 0 Å². The Bertz CT molecular complexity index is 696. The minimum Gasteiger partial charge on any atom is -0.312 e. The first-order chi connectivity index (χ1) is 12.1. The fourth-order valence-electron chi connectivity index (χ4n) is 3.76. The van der Waals surface area contributed by atoms with Crippen molar-refractivity contribution in [2.24, 2.45) is 0 Å². The summed E-state index contributed by atoms with van der Waals surface area (Å²) >= 11 is 0. The fourth-order valence-corrected chi connectivity index (χ4v) is 5.40. The van der Waals surface area contributed by atoms with Gasteiger partial charge in [0.15, 0.2) is 0 Å². The molecule has 1 fully saturated rings. The van der Waals surface area contributed by atoms with E-state index in [9.17, 15) is 13.2 Å². The minimum absolute atomic E-state index is 0.113. The van der Waals surface area contributed by atoms with Gasteiger partial charge in [0.1, 0.15) is 0 Å². The highest BCUT2D eigenvalue weighted by Gasteiger charge is 2.24. The van der Waals surface area contributed by atoms with Gasteiger partial charge in [-0.1, -0.05) is 24.6 Å². The second-order valence-electron chi connectivity index (χ2n) is 7.01. The lowest BCUT2D eigenvalue weighted by Gasteiger charge is -2.29. The maximum atomic E-state index is 12.6. The molecule has 6 heteroatoms. The molecule has 0 bridgehead atoms. The molecule has 1 aromatic carbocycles. The first kappa shape index (κ1) is 18.4. The van der Waals surface area contributed by atoms with E-state index in [2.05, 4.69) is 6.07 Å². The molecule has 1 amide bonds. The fraction of sp³-hybridized carbons (Fsp3) is 0.632. The third-order valence-corrected chi connectivity index (χ3v) is 7.12. The quantitative estimate of drug-likeness (QED) is 0.729. The SMILES string of the molecule is O=C(CCCCS(=O)(=O)N1CCCCC1)N1CCCc2ccccc21. The van der Waals surface area contributed by atoms with E-state index in [0.717, 1.165) is 44.3 Å². The van der Waals surface area contributed by atoms with Crippen molar-refractivity contribution in [3.8, 4) is 0 Å². The molecule has 1 saturated heterocycles. The Labute approximate surface area is 151 Å². The Morgan fingerprint density at radius 2 is 1.72 bits per heavy atom. The number of hydrogen-bond acceptors (Lipinski definition) is 3. The molecule has 0 atom stereocenters. The molecule has 0 saturated carbocycles. The van der Waals surface area contributed by atoms with Gasteiger partial charge in [0, 0.05) is 31.7 Å². The van der Waals surface area contributed by atoms with Crippen molar-refractivity contribution in [1.82, 2.24) is 4.31 Å². The minimum atomic E-state index is -3.15. The predicted octanol–water partition coefficient (Wildman–Crippen LogP) is 2.95. The number of aryl methyl sites for hydroxylation is 1. The summed E-state index contributed by atoms with van der Waals surface area (Å²) < 4.78 is 26.3. The van der Waals surface area contributed by atoms with Crippen LogP contribution in [0.25, 0.3) is 0 Å². The average molecular weight is 365 g/mol. The lowest BCUT2D eigenvalue weighted by Crippen LogP contribution is -2.37. The summed E-state index contributed by atoms with van der Waals surface area (Å²) in [5, 5.41) is 0. The Morgan fingerprint density at radius 3 is 2.52 bits per heavy atom. The van der Waals surface area contributed by atoms with Crippen molar-refractivity contribution in [2.75, 3.05) is 30.3 Å². The number of sulfonamides is 1. The summed E-state index contributed by atoms with van der Waals surface area (Å²) in [6, 6.07) is 8.07. The standard InChI is InChI=1S/C19H28N2O3S/c22-19(21-15-8-10-17-9-2-3-11-18(17)21)12-4-7-16-25(23,24)20-13-5-1-6-14-20/h2-3,9,11H,1,4-8,10,12-16H2. The molecule has 0 radical (unpaired) electrons. The van der Waals surface area contributed by atoms with Crippen LogP contribution in [0, 0.1) is 0 Å². The van der Waals surface area contributed by atoms with Crippen LogP contribution in [0.2, 0.25) is 0 Å². The van der Waals surface area contributed by atoms with Gasteiger partial charge >= 0.3 is 0 Å². The highest BCUT2D eigenvalue weighted by Crippen LogP contribution is 2.27. The van der Waals surface area contributed by atoms with Gasteiger partial charge in [-0.25, -0.2) is 12.7 Å². The highest BCUT2D eigenvalue weighted by molar-refractivity contribution is 7.89. The Hall–Kier alpha value is -1.40. The van der Waals surface area contributed by atoms with Crippen LogP contribution in [0.3, 0.4) is 0 Å². The van der Waals surface area contributed by atoms with Gasteiger partial charge < -0.3 is 4.90 Å². The molecule has 138 valence electrons. The lowest BCUT2D eigenvalue weighted by atomic mass is 10.0. The normalized spacial score (nSPS) is 18.8. The van der Waals surface area contributed by atoms with Crippen molar-refractivity contribution in [2.45, 2.75) is 51.4 Å². The molecule has 3 rings (SSSR count). The summed E-state index contributed by atoms with van der Waals surface area (Å²) in [7, 11) is -3.15. The Morgan fingerprint density at radius 1 is 0.960 bits per heavy atom. The van der Waals surface area contributed by atoms with Gasteiger partial charge in [-0.05, 0) is 50.2 Å². The van der Waals surface area contributed by atoms with Crippen LogP contribution in [-0.4, -0.2) is 44.0 Å². The molecule has 1 aromatic rings. The van der Waals surface area contributed by atoms with Crippen molar-refractivity contribution in [3.05, 3.63) is 29.8 Å². The summed E-state index contributed by atoms with van der Waals surface area (Å²) in [6.45, 7) is 2.08. The third kappa shape index (κ3) is 4.61. The Balaban J connectivity index is 1.47. The van der Waals surface area contributed by atoms with Gasteiger partial charge in [-0.3, -0.25) is 4.79 Å². The van der Waals surface area contributed by atoms with Gasteiger partial charge in [-0.2, -0.15) is 0 Å². The van der Waals surface area contributed by atoms with Gasteiger partial charge in [0.2, 0.25) is 15.9 Å². The zero-order valence-corrected chi connectivity index (χ0v) is 15.6. The molecule has 0 aliphatic carbocycles. The molecule has 0 unspecified atom stereocenters. The number of carbonyl (C=O) groups is 1.